The van der Waals surface area contributed by atoms with Crippen molar-refractivity contribution in [3.05, 3.63) is 52.6 Å². The normalized spacial score (nSPS) is 12.0. The molecule has 0 saturated carbocycles. The summed E-state index contributed by atoms with van der Waals surface area (Å²) in [6, 6.07) is 8.63. The van der Waals surface area contributed by atoms with Crippen LogP contribution in [0, 0.1) is 0 Å². The Balaban J connectivity index is 2.25. The lowest BCUT2D eigenvalue weighted by Gasteiger charge is -2.28. The first-order valence-corrected chi connectivity index (χ1v) is 9.62. The van der Waals surface area contributed by atoms with Crippen molar-refractivity contribution in [2.24, 2.45) is 0 Å². The Morgan fingerprint density at radius 1 is 0.966 bits per heavy atom. The summed E-state index contributed by atoms with van der Waals surface area (Å²) in [5, 5.41) is 20.9. The van der Waals surface area contributed by atoms with E-state index in [0.717, 1.165) is 11.1 Å². The van der Waals surface area contributed by atoms with Crippen molar-refractivity contribution < 1.29 is 19.7 Å². The van der Waals surface area contributed by atoms with E-state index in [1.54, 1.807) is 30.3 Å². The van der Waals surface area contributed by atoms with Crippen LogP contribution in [0.5, 0.6) is 17.2 Å². The van der Waals surface area contributed by atoms with Crippen molar-refractivity contribution in [2.45, 2.75) is 58.9 Å². The topological polar surface area (TPSA) is 90.8 Å². The van der Waals surface area contributed by atoms with Gasteiger partial charge in [-0.05, 0) is 29.0 Å². The van der Waals surface area contributed by atoms with Crippen LogP contribution in [0.3, 0.4) is 0 Å². The van der Waals surface area contributed by atoms with Crippen LogP contribution in [0.1, 0.15) is 68.6 Å². The van der Waals surface area contributed by atoms with Gasteiger partial charge in [-0.2, -0.15) is 0 Å². The van der Waals surface area contributed by atoms with Gasteiger partial charge in [0.25, 0.3) is 5.91 Å². The monoisotopic (exact) mass is 400 g/mol. The number of phenolic OH excluding ortho intramolecular Hbond substituents is 2. The number of hydrazine groups is 1. The highest BCUT2D eigenvalue weighted by Gasteiger charge is 2.27. The number of carbonyl (C=O) groups excluding carboxylic acids is 1. The van der Waals surface area contributed by atoms with Gasteiger partial charge in [0.05, 0.1) is 7.11 Å². The maximum absolute atomic E-state index is 12.8. The quantitative estimate of drug-likeness (QED) is 0.567. The predicted octanol–water partition coefficient (Wildman–Crippen LogP) is 4.14. The molecule has 2 aromatic carbocycles. The number of aromatic hydroxyl groups is 2. The summed E-state index contributed by atoms with van der Waals surface area (Å²) in [6.45, 7) is 12.2. The standard InChI is InChI=1S/C23H32N2O4/c1-22(2,3)16-11-15(12-17(20(16)27)23(4,5)6)21(28)25-24-13-14-9-8-10-18(29-7)19(14)26/h8-12,24,26-27H,13H2,1-7H3,(H,25,28). The molecule has 4 N–H and O–H groups in total. The van der Waals surface area contributed by atoms with Crippen LogP contribution in [0.2, 0.25) is 0 Å². The van der Waals surface area contributed by atoms with E-state index in [1.807, 2.05) is 41.5 Å². The Kier molecular flexibility index (Phi) is 6.48. The molecule has 0 aromatic heterocycles. The lowest BCUT2D eigenvalue weighted by atomic mass is 9.78. The lowest BCUT2D eigenvalue weighted by Crippen LogP contribution is -2.37. The molecule has 0 unspecified atom stereocenters. The van der Waals surface area contributed by atoms with Crippen LogP contribution in [0.15, 0.2) is 30.3 Å². The third-order valence-corrected chi connectivity index (χ3v) is 4.77. The summed E-state index contributed by atoms with van der Waals surface area (Å²) in [4.78, 5) is 12.8. The van der Waals surface area contributed by atoms with Gasteiger partial charge < -0.3 is 14.9 Å². The fraction of sp³-hybridized carbons (Fsp3) is 0.435. The molecule has 0 fully saturated rings. The van der Waals surface area contributed by atoms with Crippen molar-refractivity contribution in [3.63, 3.8) is 0 Å². The first kappa shape index (κ1) is 22.6. The molecular weight excluding hydrogens is 368 g/mol. The summed E-state index contributed by atoms with van der Waals surface area (Å²) >= 11 is 0. The molecule has 0 aliphatic heterocycles. The number of benzene rings is 2. The van der Waals surface area contributed by atoms with Gasteiger partial charge in [-0.1, -0.05) is 53.7 Å². The highest BCUT2D eigenvalue weighted by atomic mass is 16.5. The smallest absolute Gasteiger partial charge is 0.265 e. The Morgan fingerprint density at radius 2 is 1.52 bits per heavy atom. The average molecular weight is 401 g/mol. The third kappa shape index (κ3) is 5.21. The fourth-order valence-electron chi connectivity index (χ4n) is 3.08. The molecule has 0 heterocycles. The van der Waals surface area contributed by atoms with Crippen molar-refractivity contribution in [1.82, 2.24) is 10.9 Å². The van der Waals surface area contributed by atoms with E-state index < -0.39 is 0 Å². The summed E-state index contributed by atoms with van der Waals surface area (Å²) in [5.74, 6) is 0.324. The Hall–Kier alpha value is -2.73. The minimum absolute atomic E-state index is 0.0337. The minimum atomic E-state index is -0.319. The second-order valence-electron chi connectivity index (χ2n) is 9.20. The summed E-state index contributed by atoms with van der Waals surface area (Å²) in [5.41, 5.74) is 7.38. The second kappa shape index (κ2) is 8.33. The largest absolute Gasteiger partial charge is 0.507 e. The van der Waals surface area contributed by atoms with Crippen molar-refractivity contribution >= 4 is 5.91 Å². The first-order valence-electron chi connectivity index (χ1n) is 9.62. The van der Waals surface area contributed by atoms with Gasteiger partial charge in [0, 0.05) is 28.8 Å². The van der Waals surface area contributed by atoms with Crippen molar-refractivity contribution in [2.75, 3.05) is 7.11 Å². The SMILES string of the molecule is COc1cccc(CNNC(=O)c2cc(C(C)(C)C)c(O)c(C(C)(C)C)c2)c1O. The van der Waals surface area contributed by atoms with Crippen molar-refractivity contribution in [1.29, 1.82) is 0 Å². The van der Waals surface area contributed by atoms with Crippen molar-refractivity contribution in [3.8, 4) is 17.2 Å². The van der Waals surface area contributed by atoms with E-state index in [-0.39, 0.29) is 34.8 Å². The summed E-state index contributed by atoms with van der Waals surface area (Å²) < 4.78 is 5.09. The van der Waals surface area contributed by atoms with Gasteiger partial charge in [0.15, 0.2) is 11.5 Å². The van der Waals surface area contributed by atoms with E-state index in [1.165, 1.54) is 7.11 Å². The predicted molar refractivity (Wildman–Crippen MR) is 114 cm³/mol. The molecule has 29 heavy (non-hydrogen) atoms. The number of para-hydroxylation sites is 1. The molecule has 6 heteroatoms. The zero-order valence-corrected chi connectivity index (χ0v) is 18.3. The van der Waals surface area contributed by atoms with E-state index in [2.05, 4.69) is 10.9 Å². The first-order chi connectivity index (χ1) is 13.4. The van der Waals surface area contributed by atoms with Gasteiger partial charge >= 0.3 is 0 Å². The molecule has 158 valence electrons. The average Bonchev–Trinajstić information content (AvgIpc) is 2.61. The number of carbonyl (C=O) groups is 1. The highest BCUT2D eigenvalue weighted by molar-refractivity contribution is 5.94. The van der Waals surface area contributed by atoms with Gasteiger partial charge in [-0.15, -0.1) is 0 Å². The maximum atomic E-state index is 12.8. The molecule has 1 amide bonds. The summed E-state index contributed by atoms with van der Waals surface area (Å²) in [7, 11) is 1.48. The van der Waals surface area contributed by atoms with Crippen LogP contribution in [0.25, 0.3) is 0 Å². The Morgan fingerprint density at radius 3 is 2.00 bits per heavy atom. The fourth-order valence-corrected chi connectivity index (χ4v) is 3.08. The molecule has 0 aliphatic carbocycles. The second-order valence-corrected chi connectivity index (χ2v) is 9.20. The zero-order chi connectivity index (χ0) is 22.0. The lowest BCUT2D eigenvalue weighted by molar-refractivity contribution is 0.0931. The molecule has 2 aromatic rings. The molecule has 0 bridgehead atoms. The third-order valence-electron chi connectivity index (χ3n) is 4.77. The van der Waals surface area contributed by atoms with Crippen LogP contribution in [-0.4, -0.2) is 23.2 Å². The number of hydrogen-bond donors (Lipinski definition) is 4. The number of amides is 1. The molecule has 0 spiro atoms. The number of nitrogens with one attached hydrogen (secondary N) is 2. The van der Waals surface area contributed by atoms with Gasteiger partial charge in [0.2, 0.25) is 0 Å². The van der Waals surface area contributed by atoms with Crippen LogP contribution in [-0.2, 0) is 17.4 Å². The molecule has 2 rings (SSSR count). The molecule has 0 aliphatic rings. The van der Waals surface area contributed by atoms with Crippen LogP contribution < -0.4 is 15.6 Å². The Labute approximate surface area is 172 Å². The molecule has 0 atom stereocenters. The van der Waals surface area contributed by atoms with Gasteiger partial charge in [-0.3, -0.25) is 10.2 Å². The van der Waals surface area contributed by atoms with Gasteiger partial charge in [0.1, 0.15) is 5.75 Å². The number of methoxy groups -OCH3 is 1. The van der Waals surface area contributed by atoms with E-state index >= 15 is 0 Å². The zero-order valence-electron chi connectivity index (χ0n) is 18.3. The molecule has 6 nitrogen and oxygen atoms in total. The summed E-state index contributed by atoms with van der Waals surface area (Å²) in [6.07, 6.45) is 0. The maximum Gasteiger partial charge on any atom is 0.265 e. The van der Waals surface area contributed by atoms with Gasteiger partial charge in [-0.25, -0.2) is 5.43 Å². The van der Waals surface area contributed by atoms with Crippen LogP contribution in [0.4, 0.5) is 0 Å². The molecule has 0 saturated heterocycles. The minimum Gasteiger partial charge on any atom is -0.507 e. The Bertz CT molecular complexity index is 858. The number of ether oxygens (including phenoxy) is 1. The number of hydrogen-bond acceptors (Lipinski definition) is 5. The van der Waals surface area contributed by atoms with Crippen LogP contribution >= 0.6 is 0 Å². The van der Waals surface area contributed by atoms with E-state index in [4.69, 9.17) is 4.74 Å². The molecular formula is C23H32N2O4. The highest BCUT2D eigenvalue weighted by Crippen LogP contribution is 2.39. The van der Waals surface area contributed by atoms with E-state index in [9.17, 15) is 15.0 Å². The van der Waals surface area contributed by atoms with E-state index in [0.29, 0.717) is 16.9 Å². The number of phenols is 2. The molecule has 0 radical (unpaired) electrons. The number of rotatable bonds is 5.